The molecule has 116 valence electrons. The van der Waals surface area contributed by atoms with Gasteiger partial charge in [-0.25, -0.2) is 13.4 Å². The number of anilines is 1. The Morgan fingerprint density at radius 1 is 1.33 bits per heavy atom. The van der Waals surface area contributed by atoms with Gasteiger partial charge in [0.1, 0.15) is 11.1 Å². The molecule has 2 aliphatic rings. The molecule has 3 rings (SSSR count). The number of sulfonamides is 1. The first-order chi connectivity index (χ1) is 10.1. The number of H-pyrrole nitrogens is 1. The highest BCUT2D eigenvalue weighted by Crippen LogP contribution is 2.33. The van der Waals surface area contributed by atoms with Gasteiger partial charge in [0.15, 0.2) is 0 Å². The fourth-order valence-electron chi connectivity index (χ4n) is 2.56. The van der Waals surface area contributed by atoms with Gasteiger partial charge in [-0.1, -0.05) is 0 Å². The fraction of sp³-hybridized carbons (Fsp3) is 0.643. The Labute approximate surface area is 125 Å². The molecule has 1 atom stereocenters. The molecular formula is C14H22N3O3S+. The van der Waals surface area contributed by atoms with E-state index in [9.17, 15) is 8.42 Å². The van der Waals surface area contributed by atoms with Crippen molar-refractivity contribution in [2.45, 2.75) is 30.7 Å². The molecule has 6 nitrogen and oxygen atoms in total. The predicted molar refractivity (Wildman–Crippen MR) is 78.4 cm³/mol. The molecule has 0 radical (unpaired) electrons. The van der Waals surface area contributed by atoms with Gasteiger partial charge in [-0.2, -0.15) is 4.31 Å². The molecule has 1 aliphatic carbocycles. The molecule has 2 N–H and O–H groups in total. The number of ether oxygens (including phenoxy) is 1. The van der Waals surface area contributed by atoms with Crippen molar-refractivity contribution in [1.82, 2.24) is 4.31 Å². The van der Waals surface area contributed by atoms with Crippen molar-refractivity contribution >= 4 is 15.8 Å². The smallest absolute Gasteiger partial charge is 0.272 e. The van der Waals surface area contributed by atoms with Crippen LogP contribution in [0.2, 0.25) is 0 Å². The first-order valence-corrected chi connectivity index (χ1v) is 8.87. The van der Waals surface area contributed by atoms with Gasteiger partial charge in [0.2, 0.25) is 10.0 Å². The van der Waals surface area contributed by atoms with Crippen LogP contribution in [-0.2, 0) is 14.8 Å². The summed E-state index contributed by atoms with van der Waals surface area (Å²) in [6.07, 6.45) is 4.11. The number of nitrogens with zero attached hydrogens (tertiary/aromatic N) is 1. The Morgan fingerprint density at radius 3 is 2.62 bits per heavy atom. The summed E-state index contributed by atoms with van der Waals surface area (Å²) >= 11 is 0. The second kappa shape index (κ2) is 5.90. The molecule has 7 heteroatoms. The van der Waals surface area contributed by atoms with Crippen LogP contribution in [0.5, 0.6) is 0 Å². The third-order valence-electron chi connectivity index (χ3n) is 4.10. The van der Waals surface area contributed by atoms with Crippen LogP contribution in [0.3, 0.4) is 0 Å². The van der Waals surface area contributed by atoms with Gasteiger partial charge < -0.3 is 4.74 Å². The van der Waals surface area contributed by atoms with E-state index >= 15 is 0 Å². The van der Waals surface area contributed by atoms with Gasteiger partial charge in [-0.05, 0) is 31.7 Å². The van der Waals surface area contributed by atoms with E-state index in [1.165, 1.54) is 17.1 Å². The average molecular weight is 312 g/mol. The minimum Gasteiger partial charge on any atom is -0.379 e. The van der Waals surface area contributed by atoms with Crippen molar-refractivity contribution in [1.29, 1.82) is 0 Å². The molecule has 21 heavy (non-hydrogen) atoms. The van der Waals surface area contributed by atoms with E-state index < -0.39 is 10.0 Å². The predicted octanol–water partition coefficient (Wildman–Crippen LogP) is 0.732. The number of morpholine rings is 1. The number of rotatable bonds is 5. The summed E-state index contributed by atoms with van der Waals surface area (Å²) in [7, 11) is -3.42. The maximum atomic E-state index is 12.5. The van der Waals surface area contributed by atoms with Crippen LogP contribution >= 0.6 is 0 Å². The molecule has 1 aromatic heterocycles. The van der Waals surface area contributed by atoms with Crippen LogP contribution in [0.15, 0.2) is 23.2 Å². The highest BCUT2D eigenvalue weighted by molar-refractivity contribution is 7.89. The highest BCUT2D eigenvalue weighted by atomic mass is 32.2. The average Bonchev–Trinajstić information content (AvgIpc) is 3.33. The normalized spacial score (nSPS) is 22.0. The SMILES string of the molecule is C[C@H](Nc1ccc(S(=O)(=O)N2CCOCC2)c[nH+]1)C1CC1. The first-order valence-electron chi connectivity index (χ1n) is 7.43. The van der Waals surface area contributed by atoms with Gasteiger partial charge in [-0.15, -0.1) is 0 Å². The Balaban J connectivity index is 1.70. The van der Waals surface area contributed by atoms with E-state index in [-0.39, 0.29) is 0 Å². The minimum absolute atomic E-state index is 0.300. The number of hydrogen-bond acceptors (Lipinski definition) is 4. The Morgan fingerprint density at radius 2 is 2.05 bits per heavy atom. The Hall–Kier alpha value is -1.18. The van der Waals surface area contributed by atoms with E-state index in [2.05, 4.69) is 17.2 Å². The van der Waals surface area contributed by atoms with Crippen molar-refractivity contribution < 1.29 is 18.1 Å². The number of aromatic amines is 1. The van der Waals surface area contributed by atoms with Crippen LogP contribution in [-0.4, -0.2) is 45.1 Å². The Kier molecular flexibility index (Phi) is 4.14. The second-order valence-corrected chi connectivity index (χ2v) is 7.66. The molecule has 1 aromatic rings. The molecule has 0 aromatic carbocycles. The maximum Gasteiger partial charge on any atom is 0.272 e. The fourth-order valence-corrected chi connectivity index (χ4v) is 3.93. The quantitative estimate of drug-likeness (QED) is 0.870. The van der Waals surface area contributed by atoms with Crippen LogP contribution < -0.4 is 10.3 Å². The number of nitrogens with one attached hydrogen (secondary N) is 2. The van der Waals surface area contributed by atoms with E-state index in [0.29, 0.717) is 37.2 Å². The van der Waals surface area contributed by atoms with Gasteiger partial charge in [0, 0.05) is 19.2 Å². The third kappa shape index (κ3) is 3.36. The standard InChI is InChI=1S/C14H21N3O3S/c1-11(12-2-3-12)16-14-5-4-13(10-15-14)21(18,19)17-6-8-20-9-7-17/h4-5,10-12H,2-3,6-9H2,1H3,(H,15,16)/p+1/t11-/m0/s1. The van der Waals surface area contributed by atoms with Crippen LogP contribution in [0, 0.1) is 5.92 Å². The minimum atomic E-state index is -3.42. The van der Waals surface area contributed by atoms with Crippen LogP contribution in [0.4, 0.5) is 5.82 Å². The summed E-state index contributed by atoms with van der Waals surface area (Å²) in [5, 5.41) is 3.38. The summed E-state index contributed by atoms with van der Waals surface area (Å²) in [6, 6.07) is 3.87. The van der Waals surface area contributed by atoms with Crippen molar-refractivity contribution in [3.8, 4) is 0 Å². The van der Waals surface area contributed by atoms with Crippen molar-refractivity contribution in [2.24, 2.45) is 5.92 Å². The van der Waals surface area contributed by atoms with E-state index in [1.54, 1.807) is 18.3 Å². The monoisotopic (exact) mass is 312 g/mol. The van der Waals surface area contributed by atoms with Gasteiger partial charge in [-0.3, -0.25) is 5.32 Å². The molecule has 0 spiro atoms. The lowest BCUT2D eigenvalue weighted by molar-refractivity contribution is -0.364. The van der Waals surface area contributed by atoms with Crippen LogP contribution in [0.1, 0.15) is 19.8 Å². The maximum absolute atomic E-state index is 12.5. The van der Waals surface area contributed by atoms with Crippen molar-refractivity contribution in [3.63, 3.8) is 0 Å². The Bertz CT molecular complexity index is 578. The van der Waals surface area contributed by atoms with Crippen LogP contribution in [0.25, 0.3) is 0 Å². The molecule has 1 saturated heterocycles. The molecule has 2 fully saturated rings. The lowest BCUT2D eigenvalue weighted by atomic mass is 10.2. The van der Waals surface area contributed by atoms with E-state index in [4.69, 9.17) is 4.74 Å². The number of aromatic nitrogens is 1. The topological polar surface area (TPSA) is 72.8 Å². The zero-order valence-electron chi connectivity index (χ0n) is 12.2. The summed E-state index contributed by atoms with van der Waals surface area (Å²) in [5.74, 6) is 1.60. The third-order valence-corrected chi connectivity index (χ3v) is 6.00. The molecule has 0 unspecified atom stereocenters. The molecule has 1 aliphatic heterocycles. The van der Waals surface area contributed by atoms with E-state index in [1.807, 2.05) is 0 Å². The summed E-state index contributed by atoms with van der Waals surface area (Å²) < 4.78 is 31.6. The zero-order valence-corrected chi connectivity index (χ0v) is 13.0. The number of hydrogen-bond donors (Lipinski definition) is 1. The van der Waals surface area contributed by atoms with Crippen molar-refractivity contribution in [3.05, 3.63) is 18.3 Å². The lowest BCUT2D eigenvalue weighted by Crippen LogP contribution is -2.40. The summed E-state index contributed by atoms with van der Waals surface area (Å²) in [4.78, 5) is 3.35. The lowest BCUT2D eigenvalue weighted by Gasteiger charge is -2.25. The molecule has 2 heterocycles. The zero-order chi connectivity index (χ0) is 14.9. The molecule has 0 bridgehead atoms. The molecular weight excluding hydrogens is 290 g/mol. The number of pyridine rings is 1. The highest BCUT2D eigenvalue weighted by Gasteiger charge is 2.31. The first kappa shape index (κ1) is 14.7. The summed E-state index contributed by atoms with van der Waals surface area (Å²) in [5.41, 5.74) is 0. The second-order valence-electron chi connectivity index (χ2n) is 5.72. The van der Waals surface area contributed by atoms with Gasteiger partial charge in [0.05, 0.1) is 19.3 Å². The van der Waals surface area contributed by atoms with Crippen molar-refractivity contribution in [2.75, 3.05) is 31.6 Å². The van der Waals surface area contributed by atoms with Gasteiger partial charge >= 0.3 is 0 Å². The van der Waals surface area contributed by atoms with E-state index in [0.717, 1.165) is 11.7 Å². The largest absolute Gasteiger partial charge is 0.379 e. The molecule has 0 amide bonds. The van der Waals surface area contributed by atoms with Gasteiger partial charge in [0.25, 0.3) is 5.82 Å². The molecule has 1 saturated carbocycles. The summed E-state index contributed by atoms with van der Waals surface area (Å²) in [6.45, 7) is 3.91.